The standard InChI is InChI=1S/C23H24N2OS/c1-14(2)26-21-10-8-16(11-17(21)12-24)23-25-13-22(27-23)20-6-4-5-18-15(3)7-9-19(18)20/h4-6,8,10-11,13-15,19-20H,7,9H2,1-3H3. The molecule has 1 fully saturated rings. The minimum Gasteiger partial charge on any atom is -0.490 e. The predicted octanol–water partition coefficient (Wildman–Crippen LogP) is 6.09. The zero-order chi connectivity index (χ0) is 19.0. The van der Waals surface area contributed by atoms with Crippen molar-refractivity contribution in [3.63, 3.8) is 0 Å². The van der Waals surface area contributed by atoms with Crippen LogP contribution in [0.2, 0.25) is 0 Å². The zero-order valence-electron chi connectivity index (χ0n) is 16.0. The number of aromatic nitrogens is 1. The Kier molecular flexibility index (Phi) is 4.88. The molecule has 1 saturated carbocycles. The molecule has 1 heterocycles. The lowest BCUT2D eigenvalue weighted by Crippen LogP contribution is -2.12. The van der Waals surface area contributed by atoms with Gasteiger partial charge in [-0.1, -0.05) is 30.7 Å². The summed E-state index contributed by atoms with van der Waals surface area (Å²) >= 11 is 1.74. The number of allylic oxidation sites excluding steroid dienone is 4. The van der Waals surface area contributed by atoms with E-state index < -0.39 is 0 Å². The second kappa shape index (κ2) is 7.32. The molecule has 3 unspecified atom stereocenters. The van der Waals surface area contributed by atoms with Crippen molar-refractivity contribution in [2.75, 3.05) is 0 Å². The van der Waals surface area contributed by atoms with Gasteiger partial charge in [-0.2, -0.15) is 5.26 Å². The Morgan fingerprint density at radius 1 is 1.30 bits per heavy atom. The molecule has 3 atom stereocenters. The number of ether oxygens (including phenoxy) is 1. The topological polar surface area (TPSA) is 45.9 Å². The van der Waals surface area contributed by atoms with Crippen molar-refractivity contribution in [1.82, 2.24) is 4.98 Å². The first-order valence-corrected chi connectivity index (χ1v) is 10.4. The molecule has 0 bridgehead atoms. The van der Waals surface area contributed by atoms with Crippen molar-refractivity contribution in [1.29, 1.82) is 5.26 Å². The average molecular weight is 377 g/mol. The highest BCUT2D eigenvalue weighted by molar-refractivity contribution is 7.15. The fourth-order valence-electron chi connectivity index (χ4n) is 4.20. The van der Waals surface area contributed by atoms with E-state index in [9.17, 15) is 5.26 Å². The fourth-order valence-corrected chi connectivity index (χ4v) is 5.26. The molecule has 0 amide bonds. The van der Waals surface area contributed by atoms with Crippen molar-refractivity contribution in [2.24, 2.45) is 11.8 Å². The molecule has 138 valence electrons. The SMILES string of the molecule is CC(C)Oc1ccc(-c2ncc(C3C=CC=C4C(C)CCC43)s2)cc1C#N. The van der Waals surface area contributed by atoms with Crippen LogP contribution in [-0.2, 0) is 0 Å². The lowest BCUT2D eigenvalue weighted by atomic mass is 9.82. The second-order valence-corrected chi connectivity index (χ2v) is 8.78. The van der Waals surface area contributed by atoms with Crippen LogP contribution in [0, 0.1) is 23.2 Å². The van der Waals surface area contributed by atoms with E-state index in [0.717, 1.165) is 10.6 Å². The molecule has 2 aliphatic carbocycles. The largest absolute Gasteiger partial charge is 0.490 e. The van der Waals surface area contributed by atoms with Gasteiger partial charge >= 0.3 is 0 Å². The zero-order valence-corrected chi connectivity index (χ0v) is 16.8. The van der Waals surface area contributed by atoms with Gasteiger partial charge in [0.15, 0.2) is 0 Å². The van der Waals surface area contributed by atoms with Gasteiger partial charge < -0.3 is 4.74 Å². The fraction of sp³-hybridized carbons (Fsp3) is 0.391. The third-order valence-corrected chi connectivity index (χ3v) is 6.66. The van der Waals surface area contributed by atoms with Crippen LogP contribution < -0.4 is 4.74 Å². The van der Waals surface area contributed by atoms with Crippen LogP contribution in [0.15, 0.2) is 48.2 Å². The Hall–Kier alpha value is -2.38. The van der Waals surface area contributed by atoms with E-state index in [1.54, 1.807) is 16.9 Å². The number of thiazole rings is 1. The van der Waals surface area contributed by atoms with Crippen molar-refractivity contribution < 1.29 is 4.74 Å². The summed E-state index contributed by atoms with van der Waals surface area (Å²) in [6.07, 6.45) is 11.5. The monoisotopic (exact) mass is 376 g/mol. The Morgan fingerprint density at radius 2 is 2.15 bits per heavy atom. The summed E-state index contributed by atoms with van der Waals surface area (Å²) in [6.45, 7) is 6.27. The van der Waals surface area contributed by atoms with Crippen molar-refractivity contribution >= 4 is 11.3 Å². The number of hydrogen-bond acceptors (Lipinski definition) is 4. The quantitative estimate of drug-likeness (QED) is 0.648. The van der Waals surface area contributed by atoms with E-state index in [0.29, 0.717) is 29.1 Å². The van der Waals surface area contributed by atoms with Crippen LogP contribution in [-0.4, -0.2) is 11.1 Å². The van der Waals surface area contributed by atoms with Gasteiger partial charge in [-0.3, -0.25) is 0 Å². The maximum Gasteiger partial charge on any atom is 0.137 e. The summed E-state index contributed by atoms with van der Waals surface area (Å²) in [5.74, 6) is 2.38. The van der Waals surface area contributed by atoms with E-state index in [1.165, 1.54) is 17.7 Å². The minimum atomic E-state index is 0.0450. The lowest BCUT2D eigenvalue weighted by molar-refractivity contribution is 0.242. The predicted molar refractivity (Wildman–Crippen MR) is 110 cm³/mol. The molecule has 0 spiro atoms. The molecule has 1 aromatic heterocycles. The summed E-state index contributed by atoms with van der Waals surface area (Å²) in [7, 11) is 0. The number of nitrogens with zero attached hydrogens (tertiary/aromatic N) is 2. The van der Waals surface area contributed by atoms with E-state index >= 15 is 0 Å². The van der Waals surface area contributed by atoms with Gasteiger partial charge in [-0.25, -0.2) is 4.98 Å². The Balaban J connectivity index is 1.61. The molecular formula is C23H24N2OS. The molecule has 0 radical (unpaired) electrons. The summed E-state index contributed by atoms with van der Waals surface area (Å²) in [5.41, 5.74) is 3.14. The first-order valence-electron chi connectivity index (χ1n) is 9.62. The van der Waals surface area contributed by atoms with Gasteiger partial charge in [-0.15, -0.1) is 11.3 Å². The van der Waals surface area contributed by atoms with Crippen LogP contribution in [0.3, 0.4) is 0 Å². The molecule has 4 rings (SSSR count). The third-order valence-electron chi connectivity index (χ3n) is 5.51. The number of hydrogen-bond donors (Lipinski definition) is 0. The summed E-state index contributed by atoms with van der Waals surface area (Å²) < 4.78 is 5.73. The Labute approximate surface area is 165 Å². The van der Waals surface area contributed by atoms with E-state index in [1.807, 2.05) is 38.2 Å². The summed E-state index contributed by atoms with van der Waals surface area (Å²) in [4.78, 5) is 5.99. The molecule has 27 heavy (non-hydrogen) atoms. The van der Waals surface area contributed by atoms with Gasteiger partial charge in [0.2, 0.25) is 0 Å². The number of fused-ring (bicyclic) bond motifs is 1. The molecule has 1 aromatic carbocycles. The second-order valence-electron chi connectivity index (χ2n) is 7.72. The molecule has 4 heteroatoms. The van der Waals surface area contributed by atoms with Gasteiger partial charge in [-0.05, 0) is 56.7 Å². The van der Waals surface area contributed by atoms with Gasteiger partial charge in [0.25, 0.3) is 0 Å². The highest BCUT2D eigenvalue weighted by atomic mass is 32.1. The van der Waals surface area contributed by atoms with Gasteiger partial charge in [0.05, 0.1) is 11.7 Å². The Bertz CT molecular complexity index is 948. The molecule has 0 saturated heterocycles. The lowest BCUT2D eigenvalue weighted by Gasteiger charge is -2.24. The molecule has 0 N–H and O–H groups in total. The molecule has 0 aliphatic heterocycles. The van der Waals surface area contributed by atoms with Crippen molar-refractivity contribution in [3.8, 4) is 22.4 Å². The maximum atomic E-state index is 9.48. The van der Waals surface area contributed by atoms with Crippen molar-refractivity contribution in [2.45, 2.75) is 45.6 Å². The van der Waals surface area contributed by atoms with Crippen LogP contribution >= 0.6 is 11.3 Å². The number of benzene rings is 1. The summed E-state index contributed by atoms with van der Waals surface area (Å²) in [6, 6.07) is 8.02. The molecule has 2 aliphatic rings. The van der Waals surface area contributed by atoms with Gasteiger partial charge in [0.1, 0.15) is 16.8 Å². The normalized spacial score (nSPS) is 23.8. The average Bonchev–Trinajstić information content (AvgIpc) is 3.29. The Morgan fingerprint density at radius 3 is 2.93 bits per heavy atom. The molecule has 2 aromatic rings. The highest BCUT2D eigenvalue weighted by Gasteiger charge is 2.35. The summed E-state index contributed by atoms with van der Waals surface area (Å²) in [5, 5.41) is 10.4. The number of nitriles is 1. The first kappa shape index (κ1) is 18.0. The highest BCUT2D eigenvalue weighted by Crippen LogP contribution is 2.48. The maximum absolute atomic E-state index is 9.48. The van der Waals surface area contributed by atoms with E-state index in [4.69, 9.17) is 4.74 Å². The minimum absolute atomic E-state index is 0.0450. The van der Waals surface area contributed by atoms with E-state index in [2.05, 4.69) is 36.2 Å². The van der Waals surface area contributed by atoms with E-state index in [-0.39, 0.29) is 6.10 Å². The van der Waals surface area contributed by atoms with Gasteiger partial charge in [0, 0.05) is 22.6 Å². The third kappa shape index (κ3) is 3.44. The first-order chi connectivity index (χ1) is 13.1. The molecule has 3 nitrogen and oxygen atoms in total. The molecular weight excluding hydrogens is 352 g/mol. The van der Waals surface area contributed by atoms with Crippen LogP contribution in [0.5, 0.6) is 5.75 Å². The number of rotatable bonds is 4. The van der Waals surface area contributed by atoms with Crippen LogP contribution in [0.1, 0.15) is 50.0 Å². The van der Waals surface area contributed by atoms with Crippen LogP contribution in [0.4, 0.5) is 0 Å². The van der Waals surface area contributed by atoms with Crippen molar-refractivity contribution in [3.05, 3.63) is 58.6 Å². The smallest absolute Gasteiger partial charge is 0.137 e. The van der Waals surface area contributed by atoms with Crippen LogP contribution in [0.25, 0.3) is 10.6 Å².